The molecule has 1 amide bonds. The molecule has 1 saturated heterocycles. The van der Waals surface area contributed by atoms with Gasteiger partial charge in [-0.2, -0.15) is 0 Å². The maximum Gasteiger partial charge on any atom is 0.289 e. The Morgan fingerprint density at radius 2 is 2.13 bits per heavy atom. The second-order valence-electron chi connectivity index (χ2n) is 8.13. The number of hydrogen-bond acceptors (Lipinski definition) is 7. The van der Waals surface area contributed by atoms with Gasteiger partial charge >= 0.3 is 0 Å². The fourth-order valence-electron chi connectivity index (χ4n) is 4.43. The summed E-state index contributed by atoms with van der Waals surface area (Å²) in [6.07, 6.45) is 6.97. The summed E-state index contributed by atoms with van der Waals surface area (Å²) >= 11 is 0. The molecular formula is C23H25N5O3. The maximum atomic E-state index is 13.0. The van der Waals surface area contributed by atoms with E-state index in [2.05, 4.69) is 26.1 Å². The number of fused-ring (bicyclic) bond motifs is 2. The highest BCUT2D eigenvalue weighted by atomic mass is 16.4. The highest BCUT2D eigenvalue weighted by Gasteiger charge is 2.24. The van der Waals surface area contributed by atoms with Gasteiger partial charge in [-0.3, -0.25) is 9.78 Å². The van der Waals surface area contributed by atoms with Crippen LogP contribution in [0.25, 0.3) is 11.0 Å². The molecule has 31 heavy (non-hydrogen) atoms. The molecule has 0 atom stereocenters. The number of amides is 1. The summed E-state index contributed by atoms with van der Waals surface area (Å²) in [4.78, 5) is 17.1. The van der Waals surface area contributed by atoms with Gasteiger partial charge in [-0.05, 0) is 68.5 Å². The molecule has 0 bridgehead atoms. The number of benzene rings is 1. The zero-order valence-electron chi connectivity index (χ0n) is 17.1. The Morgan fingerprint density at radius 3 is 2.97 bits per heavy atom. The zero-order chi connectivity index (χ0) is 21.2. The number of oxime groups is 1. The lowest BCUT2D eigenvalue weighted by molar-refractivity contribution is 0.0919. The summed E-state index contributed by atoms with van der Waals surface area (Å²) in [5.74, 6) is 0.509. The van der Waals surface area contributed by atoms with Gasteiger partial charge in [-0.15, -0.1) is 0 Å². The lowest BCUT2D eigenvalue weighted by atomic mass is 9.98. The summed E-state index contributed by atoms with van der Waals surface area (Å²) in [6.45, 7) is 2.62. The first-order valence-corrected chi connectivity index (χ1v) is 10.7. The highest BCUT2D eigenvalue weighted by Crippen LogP contribution is 2.34. The van der Waals surface area contributed by atoms with Crippen molar-refractivity contribution in [3.05, 3.63) is 53.5 Å². The Bertz CT molecular complexity index is 1150. The Morgan fingerprint density at radius 1 is 1.26 bits per heavy atom. The summed E-state index contributed by atoms with van der Waals surface area (Å²) < 4.78 is 5.90. The molecule has 0 unspecified atom stereocenters. The van der Waals surface area contributed by atoms with Crippen molar-refractivity contribution >= 4 is 34.0 Å². The van der Waals surface area contributed by atoms with Crippen LogP contribution in [0.15, 0.2) is 46.2 Å². The fraction of sp³-hybridized carbons (Fsp3) is 0.348. The van der Waals surface area contributed by atoms with Crippen molar-refractivity contribution in [1.29, 1.82) is 0 Å². The third kappa shape index (κ3) is 3.86. The van der Waals surface area contributed by atoms with Crippen LogP contribution in [0.2, 0.25) is 0 Å². The van der Waals surface area contributed by atoms with E-state index in [0.717, 1.165) is 61.0 Å². The number of carbonyl (C=O) groups excluding carboxylic acids is 1. The zero-order valence-corrected chi connectivity index (χ0v) is 17.1. The van der Waals surface area contributed by atoms with Gasteiger partial charge in [-0.25, -0.2) is 0 Å². The summed E-state index contributed by atoms with van der Waals surface area (Å²) in [5.41, 5.74) is 4.84. The molecule has 8 heteroatoms. The molecule has 8 nitrogen and oxygen atoms in total. The number of rotatable bonds is 5. The average molecular weight is 419 g/mol. The van der Waals surface area contributed by atoms with Crippen LogP contribution >= 0.6 is 0 Å². The molecule has 2 aromatic heterocycles. The number of pyridine rings is 1. The fourth-order valence-corrected chi connectivity index (χ4v) is 4.43. The number of aryl methyl sites for hydroxylation is 1. The quantitative estimate of drug-likeness (QED) is 0.372. The van der Waals surface area contributed by atoms with E-state index >= 15 is 0 Å². The number of nitrogens with one attached hydrogen (secondary N) is 3. The molecule has 1 fully saturated rings. The van der Waals surface area contributed by atoms with E-state index in [0.29, 0.717) is 29.4 Å². The number of hydrogen-bond donors (Lipinski definition) is 4. The molecule has 0 radical (unpaired) electrons. The topological polar surface area (TPSA) is 112 Å². The van der Waals surface area contributed by atoms with Gasteiger partial charge in [0.2, 0.25) is 5.76 Å². The standard InChI is InChI=1S/C23H25N5O3/c29-23(26-12-14-5-8-24-9-6-14)22-21(18-7-10-25-13-20(18)31-22)27-16-2-3-17-15(11-16)1-4-19(17)28-30/h2-3,7,10-11,13-14,24,27,30H,1,4-6,8-9,12H2,(H,26,29). The van der Waals surface area contributed by atoms with Gasteiger partial charge in [0.05, 0.1) is 17.6 Å². The van der Waals surface area contributed by atoms with E-state index in [1.807, 2.05) is 24.3 Å². The van der Waals surface area contributed by atoms with Crippen LogP contribution < -0.4 is 16.0 Å². The maximum absolute atomic E-state index is 13.0. The lowest BCUT2D eigenvalue weighted by Gasteiger charge is -2.22. The Kier molecular flexibility index (Phi) is 5.30. The first kappa shape index (κ1) is 19.6. The number of furan rings is 1. The number of carbonyl (C=O) groups is 1. The van der Waals surface area contributed by atoms with Crippen molar-refractivity contribution in [2.45, 2.75) is 25.7 Å². The summed E-state index contributed by atoms with van der Waals surface area (Å²) in [6, 6.07) is 7.74. The SMILES string of the molecule is O=C(NCC1CCNCC1)c1oc2cnccc2c1Nc1ccc2c(c1)CCC2=NO. The summed E-state index contributed by atoms with van der Waals surface area (Å²) in [7, 11) is 0. The highest BCUT2D eigenvalue weighted by molar-refractivity contribution is 6.07. The van der Waals surface area contributed by atoms with E-state index in [4.69, 9.17) is 9.62 Å². The molecule has 1 aliphatic carbocycles. The predicted octanol–water partition coefficient (Wildman–Crippen LogP) is 3.43. The Balaban J connectivity index is 1.42. The van der Waals surface area contributed by atoms with Gasteiger partial charge < -0.3 is 25.6 Å². The van der Waals surface area contributed by atoms with Crippen molar-refractivity contribution in [2.24, 2.45) is 11.1 Å². The first-order valence-electron chi connectivity index (χ1n) is 10.7. The van der Waals surface area contributed by atoms with Crippen LogP contribution in [-0.4, -0.2) is 41.4 Å². The molecular weight excluding hydrogens is 394 g/mol. The van der Waals surface area contributed by atoms with E-state index < -0.39 is 0 Å². The van der Waals surface area contributed by atoms with Crippen LogP contribution in [0.1, 0.15) is 40.9 Å². The molecule has 5 rings (SSSR count). The van der Waals surface area contributed by atoms with Gasteiger partial charge in [-0.1, -0.05) is 11.2 Å². The monoisotopic (exact) mass is 419 g/mol. The van der Waals surface area contributed by atoms with Crippen molar-refractivity contribution in [3.63, 3.8) is 0 Å². The number of piperidine rings is 1. The Hall–Kier alpha value is -3.39. The molecule has 1 aromatic carbocycles. The van der Waals surface area contributed by atoms with E-state index in [-0.39, 0.29) is 11.7 Å². The van der Waals surface area contributed by atoms with Crippen molar-refractivity contribution in [3.8, 4) is 0 Å². The second-order valence-corrected chi connectivity index (χ2v) is 8.13. The van der Waals surface area contributed by atoms with E-state index in [1.54, 1.807) is 12.4 Å². The van der Waals surface area contributed by atoms with Gasteiger partial charge in [0.15, 0.2) is 5.58 Å². The van der Waals surface area contributed by atoms with Gasteiger partial charge in [0.1, 0.15) is 0 Å². The smallest absolute Gasteiger partial charge is 0.289 e. The Labute approximate surface area is 179 Å². The number of anilines is 2. The van der Waals surface area contributed by atoms with Crippen LogP contribution in [-0.2, 0) is 6.42 Å². The second kappa shape index (κ2) is 8.39. The minimum atomic E-state index is -0.229. The van der Waals surface area contributed by atoms with Crippen LogP contribution in [0.5, 0.6) is 0 Å². The van der Waals surface area contributed by atoms with Gasteiger partial charge in [0, 0.05) is 29.4 Å². The third-order valence-corrected chi connectivity index (χ3v) is 6.15. The normalized spacial score (nSPS) is 17.7. The number of nitrogens with zero attached hydrogens (tertiary/aromatic N) is 2. The molecule has 4 N–H and O–H groups in total. The van der Waals surface area contributed by atoms with Crippen LogP contribution in [0.4, 0.5) is 11.4 Å². The lowest BCUT2D eigenvalue weighted by Crippen LogP contribution is -2.36. The van der Waals surface area contributed by atoms with Crippen LogP contribution in [0, 0.1) is 5.92 Å². The minimum Gasteiger partial charge on any atom is -0.447 e. The number of aromatic nitrogens is 1. The third-order valence-electron chi connectivity index (χ3n) is 6.15. The average Bonchev–Trinajstić information content (AvgIpc) is 3.39. The minimum absolute atomic E-state index is 0.229. The van der Waals surface area contributed by atoms with E-state index in [1.165, 1.54) is 0 Å². The summed E-state index contributed by atoms with van der Waals surface area (Å²) in [5, 5.41) is 23.1. The molecule has 2 aliphatic rings. The van der Waals surface area contributed by atoms with Crippen molar-refractivity contribution in [2.75, 3.05) is 25.0 Å². The van der Waals surface area contributed by atoms with Crippen molar-refractivity contribution < 1.29 is 14.4 Å². The first-order chi connectivity index (χ1) is 15.2. The molecule has 0 saturated carbocycles. The molecule has 3 aromatic rings. The van der Waals surface area contributed by atoms with E-state index in [9.17, 15) is 4.79 Å². The van der Waals surface area contributed by atoms with Crippen LogP contribution in [0.3, 0.4) is 0 Å². The molecule has 0 spiro atoms. The van der Waals surface area contributed by atoms with Crippen molar-refractivity contribution in [1.82, 2.24) is 15.6 Å². The largest absolute Gasteiger partial charge is 0.447 e. The molecule has 160 valence electrons. The molecule has 1 aliphatic heterocycles. The predicted molar refractivity (Wildman–Crippen MR) is 118 cm³/mol. The molecule has 3 heterocycles. The van der Waals surface area contributed by atoms with Gasteiger partial charge in [0.25, 0.3) is 5.91 Å².